The fraction of sp³-hybridized carbons (Fsp3) is 0.579. The van der Waals surface area contributed by atoms with Crippen LogP contribution in [-0.2, 0) is 4.79 Å². The Kier molecular flexibility index (Phi) is 6.19. The molecular weight excluding hydrogens is 316 g/mol. The van der Waals surface area contributed by atoms with Crippen molar-refractivity contribution < 1.29 is 9.90 Å². The van der Waals surface area contributed by atoms with Crippen molar-refractivity contribution in [3.05, 3.63) is 29.8 Å². The number of aliphatic hydroxyl groups is 1. The second-order valence-corrected chi connectivity index (χ2v) is 7.75. The Hall–Kier alpha value is -1.92. The molecule has 0 bridgehead atoms. The molecule has 0 spiro atoms. The average Bonchev–Trinajstić information content (AvgIpc) is 2.91. The van der Waals surface area contributed by atoms with E-state index in [1.165, 1.54) is 0 Å². The third-order valence-electron chi connectivity index (χ3n) is 4.17. The number of rotatable bonds is 7. The number of benzene rings is 1. The minimum absolute atomic E-state index is 0.0228. The van der Waals surface area contributed by atoms with E-state index in [0.717, 1.165) is 12.1 Å². The first-order chi connectivity index (χ1) is 11.7. The van der Waals surface area contributed by atoms with Crippen molar-refractivity contribution in [3.63, 3.8) is 0 Å². The Balaban J connectivity index is 1.97. The Labute approximate surface area is 149 Å². The number of amides is 1. The van der Waals surface area contributed by atoms with Gasteiger partial charge < -0.3 is 21.1 Å². The molecule has 1 saturated heterocycles. The third kappa shape index (κ3) is 5.83. The molecule has 0 aromatic heterocycles. The van der Waals surface area contributed by atoms with E-state index < -0.39 is 5.60 Å². The molecule has 6 nitrogen and oxygen atoms in total. The molecule has 5 N–H and O–H groups in total. The van der Waals surface area contributed by atoms with Gasteiger partial charge in [-0.25, -0.2) is 0 Å². The largest absolute Gasteiger partial charge is 0.390 e. The number of anilines is 1. The van der Waals surface area contributed by atoms with Crippen LogP contribution in [0.25, 0.3) is 0 Å². The van der Waals surface area contributed by atoms with Gasteiger partial charge in [0.15, 0.2) is 0 Å². The first kappa shape index (κ1) is 19.4. The Morgan fingerprint density at radius 2 is 2.08 bits per heavy atom. The van der Waals surface area contributed by atoms with Crippen LogP contribution >= 0.6 is 0 Å². The summed E-state index contributed by atoms with van der Waals surface area (Å²) in [5.41, 5.74) is 0.634. The van der Waals surface area contributed by atoms with Crippen LogP contribution in [0.1, 0.15) is 46.1 Å². The lowest BCUT2D eigenvalue weighted by molar-refractivity contribution is -0.115. The van der Waals surface area contributed by atoms with Crippen LogP contribution in [0.3, 0.4) is 0 Å². The van der Waals surface area contributed by atoms with Gasteiger partial charge in [-0.1, -0.05) is 18.2 Å². The maximum absolute atomic E-state index is 12.5. The second kappa shape index (κ2) is 7.97. The van der Waals surface area contributed by atoms with E-state index in [0.29, 0.717) is 18.5 Å². The van der Waals surface area contributed by atoms with E-state index >= 15 is 0 Å². The monoisotopic (exact) mass is 346 g/mol. The summed E-state index contributed by atoms with van der Waals surface area (Å²) in [4.78, 5) is 12.5. The second-order valence-electron chi connectivity index (χ2n) is 7.75. The Bertz CT molecular complexity index is 622. The third-order valence-corrected chi connectivity index (χ3v) is 4.17. The quantitative estimate of drug-likeness (QED) is 0.487. The van der Waals surface area contributed by atoms with Gasteiger partial charge in [-0.3, -0.25) is 10.2 Å². The molecule has 1 amide bonds. The zero-order valence-electron chi connectivity index (χ0n) is 15.5. The molecule has 6 heteroatoms. The number of carbonyl (C=O) groups is 1. The molecule has 1 aliphatic rings. The standard InChI is InChI=1S/C19H30N4O2/c1-12(2)22-16-8-6-5-7-15(16)17(20)18(24)23-14-9-13(21-11-14)10-19(3,4)25/h5-8,12-14,20-22,25H,9-11H2,1-4H3,(H,23,24)/t13-,14-/m0/s1. The van der Waals surface area contributed by atoms with Crippen LogP contribution in [-0.4, -0.2) is 47.0 Å². The van der Waals surface area contributed by atoms with E-state index in [-0.39, 0.29) is 29.7 Å². The van der Waals surface area contributed by atoms with E-state index in [4.69, 9.17) is 5.41 Å². The van der Waals surface area contributed by atoms with Crippen LogP contribution in [0.5, 0.6) is 0 Å². The van der Waals surface area contributed by atoms with Crippen LogP contribution in [0, 0.1) is 5.41 Å². The molecule has 0 unspecified atom stereocenters. The smallest absolute Gasteiger partial charge is 0.270 e. The van der Waals surface area contributed by atoms with Gasteiger partial charge in [-0.15, -0.1) is 0 Å². The van der Waals surface area contributed by atoms with Crippen molar-refractivity contribution in [2.75, 3.05) is 11.9 Å². The summed E-state index contributed by atoms with van der Waals surface area (Å²) >= 11 is 0. The van der Waals surface area contributed by atoms with Crippen LogP contribution < -0.4 is 16.0 Å². The molecular formula is C19H30N4O2. The molecule has 1 aromatic rings. The molecule has 138 valence electrons. The number of nitrogens with one attached hydrogen (secondary N) is 4. The van der Waals surface area contributed by atoms with Crippen LogP contribution in [0.15, 0.2) is 24.3 Å². The van der Waals surface area contributed by atoms with E-state index in [9.17, 15) is 9.90 Å². The van der Waals surface area contributed by atoms with Crippen molar-refractivity contribution in [2.45, 2.75) is 64.3 Å². The fourth-order valence-corrected chi connectivity index (χ4v) is 3.21. The number of para-hydroxylation sites is 1. The zero-order valence-corrected chi connectivity index (χ0v) is 15.5. The highest BCUT2D eigenvalue weighted by molar-refractivity contribution is 6.45. The van der Waals surface area contributed by atoms with E-state index in [2.05, 4.69) is 16.0 Å². The van der Waals surface area contributed by atoms with Crippen molar-refractivity contribution in [1.29, 1.82) is 5.41 Å². The summed E-state index contributed by atoms with van der Waals surface area (Å²) in [5, 5.41) is 27.7. The lowest BCUT2D eigenvalue weighted by Crippen LogP contribution is -2.40. The molecule has 1 heterocycles. The van der Waals surface area contributed by atoms with Crippen LogP contribution in [0.2, 0.25) is 0 Å². The number of carbonyl (C=O) groups excluding carboxylic acids is 1. The summed E-state index contributed by atoms with van der Waals surface area (Å²) < 4.78 is 0. The molecule has 25 heavy (non-hydrogen) atoms. The molecule has 2 rings (SSSR count). The van der Waals surface area contributed by atoms with Gasteiger partial charge in [0.1, 0.15) is 5.71 Å². The maximum Gasteiger partial charge on any atom is 0.270 e. The lowest BCUT2D eigenvalue weighted by atomic mass is 9.97. The summed E-state index contributed by atoms with van der Waals surface area (Å²) in [5.74, 6) is -0.367. The first-order valence-electron chi connectivity index (χ1n) is 8.87. The maximum atomic E-state index is 12.5. The number of hydrogen-bond acceptors (Lipinski definition) is 5. The van der Waals surface area contributed by atoms with Gasteiger partial charge in [0.05, 0.1) is 5.60 Å². The molecule has 1 aromatic carbocycles. The van der Waals surface area contributed by atoms with E-state index in [1.807, 2.05) is 32.0 Å². The van der Waals surface area contributed by atoms with Crippen molar-refractivity contribution >= 4 is 17.3 Å². The molecule has 0 radical (unpaired) electrons. The Morgan fingerprint density at radius 3 is 2.72 bits per heavy atom. The minimum atomic E-state index is -0.731. The zero-order chi connectivity index (χ0) is 18.6. The van der Waals surface area contributed by atoms with Crippen molar-refractivity contribution in [1.82, 2.24) is 10.6 Å². The highest BCUT2D eigenvalue weighted by Gasteiger charge is 2.30. The van der Waals surface area contributed by atoms with Crippen molar-refractivity contribution in [2.24, 2.45) is 0 Å². The SMILES string of the molecule is CC(C)Nc1ccccc1C(=N)C(=O)N[C@@H]1CN[C@H](CC(C)(C)O)C1. The van der Waals surface area contributed by atoms with E-state index in [1.54, 1.807) is 19.9 Å². The van der Waals surface area contributed by atoms with Gasteiger partial charge in [0, 0.05) is 35.9 Å². The van der Waals surface area contributed by atoms with Crippen LogP contribution in [0.4, 0.5) is 5.69 Å². The Morgan fingerprint density at radius 1 is 1.40 bits per heavy atom. The van der Waals surface area contributed by atoms with Gasteiger partial charge in [-0.2, -0.15) is 0 Å². The highest BCUT2D eigenvalue weighted by atomic mass is 16.3. The molecule has 0 saturated carbocycles. The summed E-state index contributed by atoms with van der Waals surface area (Å²) in [7, 11) is 0. The average molecular weight is 346 g/mol. The molecule has 2 atom stereocenters. The number of hydrogen-bond donors (Lipinski definition) is 5. The normalized spacial score (nSPS) is 20.6. The van der Waals surface area contributed by atoms with Gasteiger partial charge in [0.2, 0.25) is 0 Å². The minimum Gasteiger partial charge on any atom is -0.390 e. The lowest BCUT2D eigenvalue weighted by Gasteiger charge is -2.21. The van der Waals surface area contributed by atoms with Gasteiger partial charge in [-0.05, 0) is 46.6 Å². The summed E-state index contributed by atoms with van der Waals surface area (Å²) in [6.07, 6.45) is 1.40. The highest BCUT2D eigenvalue weighted by Crippen LogP contribution is 2.19. The summed E-state index contributed by atoms with van der Waals surface area (Å²) in [6.45, 7) is 8.27. The predicted octanol–water partition coefficient (Wildman–Crippen LogP) is 1.88. The topological polar surface area (TPSA) is 97.2 Å². The van der Waals surface area contributed by atoms with Gasteiger partial charge in [0.25, 0.3) is 5.91 Å². The molecule has 1 fully saturated rings. The van der Waals surface area contributed by atoms with Crippen molar-refractivity contribution in [3.8, 4) is 0 Å². The molecule has 0 aliphatic carbocycles. The van der Waals surface area contributed by atoms with Gasteiger partial charge >= 0.3 is 0 Å². The molecule has 1 aliphatic heterocycles. The fourth-order valence-electron chi connectivity index (χ4n) is 3.21. The first-order valence-corrected chi connectivity index (χ1v) is 8.87. The summed E-state index contributed by atoms with van der Waals surface area (Å²) in [6, 6.07) is 7.77. The predicted molar refractivity (Wildman–Crippen MR) is 101 cm³/mol.